The fourth-order valence-corrected chi connectivity index (χ4v) is 4.75. The second kappa shape index (κ2) is 7.04. The Morgan fingerprint density at radius 2 is 1.81 bits per heavy atom. The van der Waals surface area contributed by atoms with E-state index in [0.29, 0.717) is 39.1 Å². The molecule has 2 rings (SSSR count). The molecule has 0 bridgehead atoms. The number of hydrogen-bond donors (Lipinski definition) is 1. The van der Waals surface area contributed by atoms with E-state index >= 15 is 0 Å². The van der Waals surface area contributed by atoms with Gasteiger partial charge in [0.15, 0.2) is 0 Å². The lowest BCUT2D eigenvalue weighted by molar-refractivity contribution is -0.149. The van der Waals surface area contributed by atoms with Crippen molar-refractivity contribution in [1.29, 1.82) is 0 Å². The summed E-state index contributed by atoms with van der Waals surface area (Å²) < 4.78 is 33.2. The number of esters is 1. The van der Waals surface area contributed by atoms with Crippen LogP contribution in [0.3, 0.4) is 0 Å². The van der Waals surface area contributed by atoms with Gasteiger partial charge in [0.1, 0.15) is 0 Å². The van der Waals surface area contributed by atoms with Crippen LogP contribution in [0.5, 0.6) is 0 Å². The molecule has 2 saturated heterocycles. The summed E-state index contributed by atoms with van der Waals surface area (Å²) in [5, 5.41) is 0. The second-order valence-electron chi connectivity index (χ2n) is 5.72. The number of carbonyl (C=O) groups is 1. The molecule has 122 valence electrons. The van der Waals surface area contributed by atoms with Crippen molar-refractivity contribution in [3.8, 4) is 0 Å². The first-order valence-electron chi connectivity index (χ1n) is 7.62. The summed E-state index contributed by atoms with van der Waals surface area (Å²) in [6.07, 6.45) is 3.01. The molecule has 2 aliphatic rings. The summed E-state index contributed by atoms with van der Waals surface area (Å²) in [4.78, 5) is 11.8. The van der Waals surface area contributed by atoms with E-state index in [1.807, 2.05) is 0 Å². The molecular weight excluding hydrogens is 294 g/mol. The Labute approximate surface area is 126 Å². The van der Waals surface area contributed by atoms with Gasteiger partial charge in [-0.25, -0.2) is 0 Å². The molecule has 2 N–H and O–H groups in total. The van der Waals surface area contributed by atoms with Gasteiger partial charge in [0.05, 0.1) is 12.5 Å². The van der Waals surface area contributed by atoms with Crippen molar-refractivity contribution in [3.05, 3.63) is 0 Å². The topological polar surface area (TPSA) is 92.9 Å². The predicted octanol–water partition coefficient (Wildman–Crippen LogP) is -0.0706. The van der Waals surface area contributed by atoms with Crippen molar-refractivity contribution in [2.75, 3.05) is 32.8 Å². The van der Waals surface area contributed by atoms with Crippen molar-refractivity contribution in [2.45, 2.75) is 38.6 Å². The molecule has 21 heavy (non-hydrogen) atoms. The van der Waals surface area contributed by atoms with Gasteiger partial charge in [0.2, 0.25) is 0 Å². The Morgan fingerprint density at radius 3 is 2.43 bits per heavy atom. The highest BCUT2D eigenvalue weighted by atomic mass is 32.2. The number of piperidine rings is 2. The fraction of sp³-hybridized carbons (Fsp3) is 0.923. The molecule has 0 aromatic heterocycles. The average molecular weight is 319 g/mol. The molecule has 0 aromatic carbocycles. The summed E-state index contributed by atoms with van der Waals surface area (Å²) in [7, 11) is -3.52. The maximum Gasteiger partial charge on any atom is 0.310 e. The van der Waals surface area contributed by atoms with Crippen molar-refractivity contribution >= 4 is 16.2 Å². The summed E-state index contributed by atoms with van der Waals surface area (Å²) in [5.41, 5.74) is 5.87. The zero-order chi connectivity index (χ0) is 15.5. The minimum Gasteiger partial charge on any atom is -0.466 e. The predicted molar refractivity (Wildman–Crippen MR) is 78.6 cm³/mol. The van der Waals surface area contributed by atoms with Crippen molar-refractivity contribution in [2.24, 2.45) is 11.7 Å². The smallest absolute Gasteiger partial charge is 0.310 e. The Bertz CT molecular complexity index is 468. The largest absolute Gasteiger partial charge is 0.466 e. The summed E-state index contributed by atoms with van der Waals surface area (Å²) in [6.45, 7) is 3.63. The van der Waals surface area contributed by atoms with Crippen LogP contribution in [0.2, 0.25) is 0 Å². The Hall–Kier alpha value is -0.700. The molecule has 2 aliphatic heterocycles. The lowest BCUT2D eigenvalue weighted by Gasteiger charge is -2.37. The van der Waals surface area contributed by atoms with E-state index in [0.717, 1.165) is 12.8 Å². The monoisotopic (exact) mass is 319 g/mol. The Kier molecular flexibility index (Phi) is 5.59. The standard InChI is InChI=1S/C13H25N3O4S/c1-2-20-13(17)11-5-3-7-15(9-11)21(18,19)16-8-4-6-12(14)10-16/h11-12H,2-10,14H2,1H3. The van der Waals surface area contributed by atoms with Gasteiger partial charge in [-0.3, -0.25) is 4.79 Å². The number of nitrogens with two attached hydrogens (primary N) is 1. The van der Waals surface area contributed by atoms with Gasteiger partial charge in [0.25, 0.3) is 10.2 Å². The van der Waals surface area contributed by atoms with Crippen LogP contribution in [0, 0.1) is 5.92 Å². The van der Waals surface area contributed by atoms with Crippen molar-refractivity contribution in [1.82, 2.24) is 8.61 Å². The van der Waals surface area contributed by atoms with E-state index in [4.69, 9.17) is 10.5 Å². The number of rotatable bonds is 4. The van der Waals surface area contributed by atoms with Gasteiger partial charge in [-0.15, -0.1) is 0 Å². The third-order valence-electron chi connectivity index (χ3n) is 4.08. The fourth-order valence-electron chi connectivity index (χ4n) is 2.95. The third kappa shape index (κ3) is 3.94. The number of carbonyl (C=O) groups excluding carboxylic acids is 1. The van der Waals surface area contributed by atoms with Crippen LogP contribution in [0.25, 0.3) is 0 Å². The summed E-state index contributed by atoms with van der Waals surface area (Å²) in [6, 6.07) is -0.0980. The molecule has 0 radical (unpaired) electrons. The molecule has 2 atom stereocenters. The molecule has 2 fully saturated rings. The number of nitrogens with zero attached hydrogens (tertiary/aromatic N) is 2. The highest BCUT2D eigenvalue weighted by molar-refractivity contribution is 7.86. The average Bonchev–Trinajstić information content (AvgIpc) is 2.47. The molecular formula is C13H25N3O4S. The second-order valence-corrected chi connectivity index (χ2v) is 7.65. The van der Waals surface area contributed by atoms with Crippen LogP contribution in [0.4, 0.5) is 0 Å². The molecule has 2 heterocycles. The van der Waals surface area contributed by atoms with Gasteiger partial charge in [0, 0.05) is 32.2 Å². The summed E-state index contributed by atoms with van der Waals surface area (Å²) in [5.74, 6) is -0.653. The lowest BCUT2D eigenvalue weighted by atomic mass is 10.0. The Morgan fingerprint density at radius 1 is 1.19 bits per heavy atom. The molecule has 0 aliphatic carbocycles. The minimum absolute atomic E-state index is 0.0980. The van der Waals surface area contributed by atoms with E-state index in [9.17, 15) is 13.2 Å². The van der Waals surface area contributed by atoms with E-state index in [1.54, 1.807) is 6.92 Å². The quantitative estimate of drug-likeness (QED) is 0.732. The van der Waals surface area contributed by atoms with E-state index in [2.05, 4.69) is 0 Å². The molecule has 0 amide bonds. The van der Waals surface area contributed by atoms with Crippen LogP contribution in [0.1, 0.15) is 32.6 Å². The number of ether oxygens (including phenoxy) is 1. The zero-order valence-electron chi connectivity index (χ0n) is 12.5. The Balaban J connectivity index is 2.03. The molecule has 2 unspecified atom stereocenters. The van der Waals surface area contributed by atoms with Crippen LogP contribution in [-0.4, -0.2) is 61.8 Å². The highest BCUT2D eigenvalue weighted by Gasteiger charge is 2.37. The SMILES string of the molecule is CCOC(=O)C1CCCN(S(=O)(=O)N2CCCC(N)C2)C1. The first-order valence-corrected chi connectivity index (χ1v) is 9.02. The lowest BCUT2D eigenvalue weighted by Crippen LogP contribution is -2.53. The maximum atomic E-state index is 12.7. The first kappa shape index (κ1) is 16.7. The van der Waals surface area contributed by atoms with Crippen LogP contribution in [-0.2, 0) is 19.7 Å². The molecule has 0 spiro atoms. The molecule has 0 saturated carbocycles. The van der Waals surface area contributed by atoms with Crippen molar-refractivity contribution < 1.29 is 17.9 Å². The maximum absolute atomic E-state index is 12.7. The summed E-state index contributed by atoms with van der Waals surface area (Å²) >= 11 is 0. The molecule has 0 aromatic rings. The van der Waals surface area contributed by atoms with E-state index < -0.39 is 10.2 Å². The van der Waals surface area contributed by atoms with Gasteiger partial charge < -0.3 is 10.5 Å². The molecule has 7 nitrogen and oxygen atoms in total. The van der Waals surface area contributed by atoms with Crippen molar-refractivity contribution in [3.63, 3.8) is 0 Å². The zero-order valence-corrected chi connectivity index (χ0v) is 13.3. The van der Waals surface area contributed by atoms with Crippen LogP contribution < -0.4 is 5.73 Å². The van der Waals surface area contributed by atoms with E-state index in [1.165, 1.54) is 8.61 Å². The highest BCUT2D eigenvalue weighted by Crippen LogP contribution is 2.24. The van der Waals surface area contributed by atoms with Gasteiger partial charge >= 0.3 is 5.97 Å². The third-order valence-corrected chi connectivity index (χ3v) is 6.05. The molecule has 8 heteroatoms. The van der Waals surface area contributed by atoms with Gasteiger partial charge in [-0.2, -0.15) is 17.0 Å². The van der Waals surface area contributed by atoms with E-state index in [-0.39, 0.29) is 24.5 Å². The minimum atomic E-state index is -3.52. The van der Waals surface area contributed by atoms with Crippen LogP contribution >= 0.6 is 0 Å². The van der Waals surface area contributed by atoms with Crippen LogP contribution in [0.15, 0.2) is 0 Å². The first-order chi connectivity index (χ1) is 9.95. The normalized spacial score (nSPS) is 29.2. The van der Waals surface area contributed by atoms with Gasteiger partial charge in [-0.1, -0.05) is 0 Å². The number of hydrogen-bond acceptors (Lipinski definition) is 5. The van der Waals surface area contributed by atoms with Gasteiger partial charge in [-0.05, 0) is 32.6 Å².